The van der Waals surface area contributed by atoms with E-state index in [-0.39, 0.29) is 29.3 Å². The van der Waals surface area contributed by atoms with Crippen molar-refractivity contribution < 1.29 is 18.0 Å². The Morgan fingerprint density at radius 3 is 2.52 bits per heavy atom. The van der Waals surface area contributed by atoms with Crippen LogP contribution in [0.25, 0.3) is 0 Å². The molecule has 162 valence electrons. The molecule has 0 radical (unpaired) electrons. The van der Waals surface area contributed by atoms with Crippen molar-refractivity contribution in [2.75, 3.05) is 25.1 Å². The molecular formula is C20H31N3O4S2. The van der Waals surface area contributed by atoms with Crippen LogP contribution in [0.1, 0.15) is 33.1 Å². The summed E-state index contributed by atoms with van der Waals surface area (Å²) in [5.41, 5.74) is 0. The summed E-state index contributed by atoms with van der Waals surface area (Å²) in [6.45, 7) is 4.27. The van der Waals surface area contributed by atoms with Crippen LogP contribution in [0.2, 0.25) is 0 Å². The van der Waals surface area contributed by atoms with Gasteiger partial charge in [0.2, 0.25) is 21.8 Å². The number of benzene rings is 1. The number of piperidine rings is 1. The second-order valence-electron chi connectivity index (χ2n) is 7.52. The second-order valence-corrected chi connectivity index (χ2v) is 10.4. The summed E-state index contributed by atoms with van der Waals surface area (Å²) < 4.78 is 27.1. The molecule has 0 aliphatic carbocycles. The lowest BCUT2D eigenvalue weighted by Crippen LogP contribution is -2.52. The van der Waals surface area contributed by atoms with Gasteiger partial charge in [-0.2, -0.15) is 16.1 Å². The molecule has 1 aromatic rings. The Morgan fingerprint density at radius 1 is 1.21 bits per heavy atom. The highest BCUT2D eigenvalue weighted by atomic mass is 32.2. The first kappa shape index (κ1) is 23.7. The minimum atomic E-state index is -3.63. The van der Waals surface area contributed by atoms with Crippen molar-refractivity contribution in [1.29, 1.82) is 0 Å². The smallest absolute Gasteiger partial charge is 0.243 e. The number of amides is 2. The third-order valence-electron chi connectivity index (χ3n) is 4.81. The molecule has 0 bridgehead atoms. The van der Waals surface area contributed by atoms with Crippen molar-refractivity contribution in [1.82, 2.24) is 14.9 Å². The van der Waals surface area contributed by atoms with Gasteiger partial charge in [0, 0.05) is 19.1 Å². The van der Waals surface area contributed by atoms with Crippen LogP contribution in [0.3, 0.4) is 0 Å². The summed E-state index contributed by atoms with van der Waals surface area (Å²) >= 11 is 1.61. The number of hydrogen-bond donors (Lipinski definition) is 2. The van der Waals surface area contributed by atoms with Crippen molar-refractivity contribution in [3.05, 3.63) is 30.3 Å². The molecule has 7 nitrogen and oxygen atoms in total. The Labute approximate surface area is 178 Å². The third-order valence-corrected chi connectivity index (χ3v) is 7.33. The number of thioether (sulfide) groups is 1. The molecule has 1 saturated heterocycles. The molecule has 2 N–H and O–H groups in total. The van der Waals surface area contributed by atoms with E-state index in [1.54, 1.807) is 42.1 Å². The molecule has 1 aliphatic rings. The van der Waals surface area contributed by atoms with Crippen molar-refractivity contribution >= 4 is 33.6 Å². The quantitative estimate of drug-likeness (QED) is 0.610. The van der Waals surface area contributed by atoms with Gasteiger partial charge < -0.3 is 10.6 Å². The number of nitrogens with one attached hydrogen (secondary N) is 2. The Hall–Kier alpha value is -1.58. The van der Waals surface area contributed by atoms with E-state index in [4.69, 9.17) is 0 Å². The van der Waals surface area contributed by atoms with E-state index in [1.165, 1.54) is 4.31 Å². The van der Waals surface area contributed by atoms with Crippen LogP contribution in [0.4, 0.5) is 0 Å². The van der Waals surface area contributed by atoms with Crippen molar-refractivity contribution in [3.8, 4) is 0 Å². The lowest BCUT2D eigenvalue weighted by atomic mass is 9.98. The average Bonchev–Trinajstić information content (AvgIpc) is 2.71. The van der Waals surface area contributed by atoms with Gasteiger partial charge in [-0.3, -0.25) is 9.59 Å². The standard InChI is InChI=1S/C20H31N3O4S2/c1-15(2)21-20(25)18(11-13-28-3)22-19(24)16-8-7-12-23(14-16)29(26,27)17-9-5-4-6-10-17/h4-6,9-10,15-16,18H,7-8,11-14H2,1-3H3,(H,21,25)(H,22,24)/t16?,18-/m1/s1. The summed E-state index contributed by atoms with van der Waals surface area (Å²) in [6, 6.07) is 7.63. The van der Waals surface area contributed by atoms with Gasteiger partial charge >= 0.3 is 0 Å². The molecule has 0 saturated carbocycles. The molecule has 1 aromatic carbocycles. The van der Waals surface area contributed by atoms with Gasteiger partial charge in [-0.15, -0.1) is 0 Å². The van der Waals surface area contributed by atoms with Crippen LogP contribution in [-0.2, 0) is 19.6 Å². The zero-order valence-corrected chi connectivity index (χ0v) is 18.9. The number of sulfonamides is 1. The Morgan fingerprint density at radius 2 is 1.90 bits per heavy atom. The van der Waals surface area contributed by atoms with Crippen molar-refractivity contribution in [3.63, 3.8) is 0 Å². The molecule has 0 aromatic heterocycles. The van der Waals surface area contributed by atoms with Crippen LogP contribution in [-0.4, -0.2) is 61.7 Å². The normalized spacial score (nSPS) is 19.0. The molecule has 1 heterocycles. The van der Waals surface area contributed by atoms with Crippen molar-refractivity contribution in [2.45, 2.75) is 50.1 Å². The highest BCUT2D eigenvalue weighted by molar-refractivity contribution is 7.98. The second kappa shape index (κ2) is 11.0. The molecule has 1 fully saturated rings. The molecule has 9 heteroatoms. The molecule has 2 atom stereocenters. The molecule has 29 heavy (non-hydrogen) atoms. The van der Waals surface area contributed by atoms with E-state index in [2.05, 4.69) is 10.6 Å². The summed E-state index contributed by atoms with van der Waals surface area (Å²) in [5, 5.41) is 5.70. The van der Waals surface area contributed by atoms with Crippen LogP contribution < -0.4 is 10.6 Å². The van der Waals surface area contributed by atoms with Gasteiger partial charge in [-0.05, 0) is 57.3 Å². The number of carbonyl (C=O) groups is 2. The first-order valence-electron chi connectivity index (χ1n) is 9.90. The summed E-state index contributed by atoms with van der Waals surface area (Å²) in [5.74, 6) is -0.184. The fourth-order valence-electron chi connectivity index (χ4n) is 3.30. The summed E-state index contributed by atoms with van der Waals surface area (Å²) in [7, 11) is -3.63. The third kappa shape index (κ3) is 6.72. The maximum absolute atomic E-state index is 12.9. The van der Waals surface area contributed by atoms with Gasteiger partial charge in [0.1, 0.15) is 6.04 Å². The fourth-order valence-corrected chi connectivity index (χ4v) is 5.31. The summed E-state index contributed by atoms with van der Waals surface area (Å²) in [6.07, 6.45) is 3.70. The molecule has 1 unspecified atom stereocenters. The zero-order valence-electron chi connectivity index (χ0n) is 17.3. The van der Waals surface area contributed by atoms with E-state index in [9.17, 15) is 18.0 Å². The molecule has 1 aliphatic heterocycles. The zero-order chi connectivity index (χ0) is 21.4. The van der Waals surface area contributed by atoms with E-state index in [0.717, 1.165) is 5.75 Å². The van der Waals surface area contributed by atoms with E-state index < -0.39 is 22.0 Å². The van der Waals surface area contributed by atoms with Gasteiger partial charge in [0.05, 0.1) is 10.8 Å². The van der Waals surface area contributed by atoms with Crippen molar-refractivity contribution in [2.24, 2.45) is 5.92 Å². The van der Waals surface area contributed by atoms with Gasteiger partial charge in [0.15, 0.2) is 0 Å². The first-order chi connectivity index (χ1) is 13.8. The average molecular weight is 442 g/mol. The number of carbonyl (C=O) groups excluding carboxylic acids is 2. The SMILES string of the molecule is CSCC[C@@H](NC(=O)C1CCCN(S(=O)(=O)c2ccccc2)C1)C(=O)NC(C)C. The largest absolute Gasteiger partial charge is 0.352 e. The lowest BCUT2D eigenvalue weighted by Gasteiger charge is -2.32. The topological polar surface area (TPSA) is 95.6 Å². The summed E-state index contributed by atoms with van der Waals surface area (Å²) in [4.78, 5) is 25.5. The van der Waals surface area contributed by atoms with E-state index in [1.807, 2.05) is 20.1 Å². The Kier molecular flexibility index (Phi) is 8.98. The molecular weight excluding hydrogens is 410 g/mol. The maximum Gasteiger partial charge on any atom is 0.243 e. The minimum Gasteiger partial charge on any atom is -0.352 e. The highest BCUT2D eigenvalue weighted by Crippen LogP contribution is 2.24. The van der Waals surface area contributed by atoms with Gasteiger partial charge in [-0.25, -0.2) is 8.42 Å². The monoisotopic (exact) mass is 441 g/mol. The van der Waals surface area contributed by atoms with E-state index >= 15 is 0 Å². The number of nitrogens with zero attached hydrogens (tertiary/aromatic N) is 1. The molecule has 0 spiro atoms. The molecule has 2 rings (SSSR count). The number of rotatable bonds is 9. The maximum atomic E-state index is 12.9. The van der Waals surface area contributed by atoms with Gasteiger partial charge in [-0.1, -0.05) is 18.2 Å². The van der Waals surface area contributed by atoms with E-state index in [0.29, 0.717) is 25.8 Å². The Bertz CT molecular complexity index is 784. The number of hydrogen-bond acceptors (Lipinski definition) is 5. The lowest BCUT2D eigenvalue weighted by molar-refractivity contribution is -0.132. The highest BCUT2D eigenvalue weighted by Gasteiger charge is 2.34. The predicted octanol–water partition coefficient (Wildman–Crippen LogP) is 1.85. The van der Waals surface area contributed by atoms with Crippen LogP contribution in [0.5, 0.6) is 0 Å². The predicted molar refractivity (Wildman–Crippen MR) is 116 cm³/mol. The fraction of sp³-hybridized carbons (Fsp3) is 0.600. The van der Waals surface area contributed by atoms with Crippen LogP contribution >= 0.6 is 11.8 Å². The van der Waals surface area contributed by atoms with Gasteiger partial charge in [0.25, 0.3) is 0 Å². The minimum absolute atomic E-state index is 0.0163. The molecule has 2 amide bonds. The van der Waals surface area contributed by atoms with Crippen LogP contribution in [0, 0.1) is 5.92 Å². The first-order valence-corrected chi connectivity index (χ1v) is 12.7. The Balaban J connectivity index is 2.06. The van der Waals surface area contributed by atoms with Crippen LogP contribution in [0.15, 0.2) is 35.2 Å².